The third-order valence-corrected chi connectivity index (χ3v) is 4.03. The fraction of sp³-hybridized carbons (Fsp3) is 1.00. The largest absolute Gasteiger partial charge is 0.381 e. The predicted octanol–water partition coefficient (Wildman–Crippen LogP) is 2.97. The predicted molar refractivity (Wildman–Crippen MR) is 65.1 cm³/mol. The Labute approximate surface area is 94.8 Å². The standard InChI is InChI=1S/C13H27NO/c1-6-8-10(7-2)14-11-9-12(15-5)13(11,3)4/h10-12,14H,6-9H2,1-5H3. The average Bonchev–Trinajstić information content (AvgIpc) is 2.21. The lowest BCUT2D eigenvalue weighted by atomic mass is 9.64. The first-order chi connectivity index (χ1) is 7.06. The van der Waals surface area contributed by atoms with E-state index in [1.807, 2.05) is 7.11 Å². The molecule has 1 fully saturated rings. The SMILES string of the molecule is CCCC(CC)NC1CC(OC)C1(C)C. The second-order valence-electron chi connectivity index (χ2n) is 5.39. The van der Waals surface area contributed by atoms with E-state index in [9.17, 15) is 0 Å². The summed E-state index contributed by atoms with van der Waals surface area (Å²) in [6.45, 7) is 9.14. The Hall–Kier alpha value is -0.0800. The Bertz CT molecular complexity index is 191. The molecule has 3 atom stereocenters. The van der Waals surface area contributed by atoms with Gasteiger partial charge < -0.3 is 10.1 Å². The third-order valence-electron chi connectivity index (χ3n) is 4.03. The second-order valence-corrected chi connectivity index (χ2v) is 5.39. The zero-order chi connectivity index (χ0) is 11.5. The van der Waals surface area contributed by atoms with Crippen molar-refractivity contribution in [3.63, 3.8) is 0 Å². The molecule has 1 aliphatic carbocycles. The molecule has 0 aliphatic heterocycles. The number of hydrogen-bond donors (Lipinski definition) is 1. The van der Waals surface area contributed by atoms with E-state index in [1.165, 1.54) is 25.7 Å². The van der Waals surface area contributed by atoms with Gasteiger partial charge in [-0.1, -0.05) is 34.1 Å². The van der Waals surface area contributed by atoms with Gasteiger partial charge in [-0.25, -0.2) is 0 Å². The molecule has 1 saturated carbocycles. The second kappa shape index (κ2) is 5.31. The number of rotatable bonds is 6. The molecule has 0 aromatic rings. The number of hydrogen-bond acceptors (Lipinski definition) is 2. The highest BCUT2D eigenvalue weighted by Crippen LogP contribution is 2.42. The maximum atomic E-state index is 5.47. The van der Waals surface area contributed by atoms with Crippen molar-refractivity contribution in [3.05, 3.63) is 0 Å². The molecule has 1 aliphatic rings. The summed E-state index contributed by atoms with van der Waals surface area (Å²) >= 11 is 0. The van der Waals surface area contributed by atoms with Crippen molar-refractivity contribution in [2.45, 2.75) is 71.6 Å². The van der Waals surface area contributed by atoms with Gasteiger partial charge in [0, 0.05) is 24.6 Å². The van der Waals surface area contributed by atoms with Gasteiger partial charge in [0.15, 0.2) is 0 Å². The Morgan fingerprint density at radius 1 is 1.40 bits per heavy atom. The zero-order valence-electron chi connectivity index (χ0n) is 11.0. The quantitative estimate of drug-likeness (QED) is 0.732. The van der Waals surface area contributed by atoms with E-state index in [4.69, 9.17) is 4.74 Å². The van der Waals surface area contributed by atoms with Crippen LogP contribution in [0.3, 0.4) is 0 Å². The molecule has 0 radical (unpaired) electrons. The highest BCUT2D eigenvalue weighted by atomic mass is 16.5. The molecule has 0 spiro atoms. The van der Waals surface area contributed by atoms with Crippen molar-refractivity contribution in [2.24, 2.45) is 5.41 Å². The first-order valence-corrected chi connectivity index (χ1v) is 6.35. The van der Waals surface area contributed by atoms with Crippen molar-refractivity contribution >= 4 is 0 Å². The monoisotopic (exact) mass is 213 g/mol. The number of methoxy groups -OCH3 is 1. The summed E-state index contributed by atoms with van der Waals surface area (Å²) in [5.41, 5.74) is 0.301. The molecule has 2 heteroatoms. The summed E-state index contributed by atoms with van der Waals surface area (Å²) in [5, 5.41) is 3.78. The van der Waals surface area contributed by atoms with E-state index >= 15 is 0 Å². The number of nitrogens with one attached hydrogen (secondary N) is 1. The molecular formula is C13H27NO. The van der Waals surface area contributed by atoms with E-state index in [0.717, 1.165) is 0 Å². The maximum absolute atomic E-state index is 5.47. The van der Waals surface area contributed by atoms with Crippen LogP contribution in [0.15, 0.2) is 0 Å². The maximum Gasteiger partial charge on any atom is 0.0652 e. The van der Waals surface area contributed by atoms with E-state index < -0.39 is 0 Å². The van der Waals surface area contributed by atoms with Crippen LogP contribution in [0.2, 0.25) is 0 Å². The van der Waals surface area contributed by atoms with Crippen LogP contribution in [0.5, 0.6) is 0 Å². The summed E-state index contributed by atoms with van der Waals surface area (Å²) in [4.78, 5) is 0. The fourth-order valence-electron chi connectivity index (χ4n) is 2.61. The van der Waals surface area contributed by atoms with Gasteiger partial charge in [0.1, 0.15) is 0 Å². The molecule has 0 bridgehead atoms. The minimum Gasteiger partial charge on any atom is -0.381 e. The Kier molecular flexibility index (Phi) is 4.60. The summed E-state index contributed by atoms with van der Waals surface area (Å²) in [5.74, 6) is 0. The highest BCUT2D eigenvalue weighted by molar-refractivity contribution is 5.03. The van der Waals surface area contributed by atoms with E-state index in [1.54, 1.807) is 0 Å². The van der Waals surface area contributed by atoms with Crippen molar-refractivity contribution in [3.8, 4) is 0 Å². The van der Waals surface area contributed by atoms with Crippen LogP contribution in [-0.2, 0) is 4.74 Å². The van der Waals surface area contributed by atoms with Gasteiger partial charge in [0.2, 0.25) is 0 Å². The molecule has 1 N–H and O–H groups in total. The van der Waals surface area contributed by atoms with Crippen LogP contribution in [0.1, 0.15) is 53.4 Å². The van der Waals surface area contributed by atoms with Crippen LogP contribution in [0.25, 0.3) is 0 Å². The van der Waals surface area contributed by atoms with Crippen LogP contribution >= 0.6 is 0 Å². The first kappa shape index (κ1) is 13.0. The molecule has 0 aromatic carbocycles. The minimum atomic E-state index is 0.301. The highest BCUT2D eigenvalue weighted by Gasteiger charge is 2.48. The van der Waals surface area contributed by atoms with E-state index in [0.29, 0.717) is 23.6 Å². The molecule has 1 rings (SSSR count). The normalized spacial score (nSPS) is 31.0. The lowest BCUT2D eigenvalue weighted by Gasteiger charge is -2.52. The van der Waals surface area contributed by atoms with Gasteiger partial charge in [-0.3, -0.25) is 0 Å². The Morgan fingerprint density at radius 2 is 2.07 bits per heavy atom. The average molecular weight is 213 g/mol. The summed E-state index contributed by atoms with van der Waals surface area (Å²) in [7, 11) is 1.83. The van der Waals surface area contributed by atoms with Gasteiger partial charge in [0.25, 0.3) is 0 Å². The van der Waals surface area contributed by atoms with E-state index in [2.05, 4.69) is 33.0 Å². The smallest absolute Gasteiger partial charge is 0.0652 e. The lowest BCUT2D eigenvalue weighted by molar-refractivity contribution is -0.100. The van der Waals surface area contributed by atoms with E-state index in [-0.39, 0.29) is 0 Å². The molecular weight excluding hydrogens is 186 g/mol. The van der Waals surface area contributed by atoms with Crippen molar-refractivity contribution in [1.29, 1.82) is 0 Å². The molecule has 15 heavy (non-hydrogen) atoms. The zero-order valence-corrected chi connectivity index (χ0v) is 11.0. The summed E-state index contributed by atoms with van der Waals surface area (Å²) in [6, 6.07) is 1.33. The molecule has 0 heterocycles. The van der Waals surface area contributed by atoms with Crippen LogP contribution < -0.4 is 5.32 Å². The minimum absolute atomic E-state index is 0.301. The third kappa shape index (κ3) is 2.73. The molecule has 2 nitrogen and oxygen atoms in total. The Morgan fingerprint density at radius 3 is 2.47 bits per heavy atom. The van der Waals surface area contributed by atoms with Crippen molar-refractivity contribution in [1.82, 2.24) is 5.32 Å². The van der Waals surface area contributed by atoms with Gasteiger partial charge in [-0.05, 0) is 19.3 Å². The van der Waals surface area contributed by atoms with Gasteiger partial charge >= 0.3 is 0 Å². The topological polar surface area (TPSA) is 21.3 Å². The van der Waals surface area contributed by atoms with Gasteiger partial charge in [-0.2, -0.15) is 0 Å². The number of ether oxygens (including phenoxy) is 1. The van der Waals surface area contributed by atoms with Crippen LogP contribution in [0, 0.1) is 5.41 Å². The van der Waals surface area contributed by atoms with Gasteiger partial charge in [0.05, 0.1) is 6.10 Å². The summed E-state index contributed by atoms with van der Waals surface area (Å²) in [6.07, 6.45) is 5.41. The summed E-state index contributed by atoms with van der Waals surface area (Å²) < 4.78 is 5.47. The van der Waals surface area contributed by atoms with Crippen molar-refractivity contribution < 1.29 is 4.74 Å². The molecule has 90 valence electrons. The van der Waals surface area contributed by atoms with Gasteiger partial charge in [-0.15, -0.1) is 0 Å². The lowest BCUT2D eigenvalue weighted by Crippen LogP contribution is -2.62. The molecule has 0 aromatic heterocycles. The first-order valence-electron chi connectivity index (χ1n) is 6.35. The molecule has 0 saturated heterocycles. The van der Waals surface area contributed by atoms with Crippen LogP contribution in [0.4, 0.5) is 0 Å². The van der Waals surface area contributed by atoms with Crippen LogP contribution in [-0.4, -0.2) is 25.3 Å². The molecule has 3 unspecified atom stereocenters. The fourth-order valence-corrected chi connectivity index (χ4v) is 2.61. The van der Waals surface area contributed by atoms with Crippen molar-refractivity contribution in [2.75, 3.05) is 7.11 Å². The molecule has 0 amide bonds. The Balaban J connectivity index is 2.40.